The largest absolute Gasteiger partial charge is 0.372 e. The van der Waals surface area contributed by atoms with E-state index in [9.17, 15) is 4.79 Å². The van der Waals surface area contributed by atoms with Gasteiger partial charge in [-0.15, -0.1) is 0 Å². The van der Waals surface area contributed by atoms with Crippen LogP contribution in [0, 0.1) is 5.92 Å². The van der Waals surface area contributed by atoms with Crippen molar-refractivity contribution in [2.75, 3.05) is 13.1 Å². The van der Waals surface area contributed by atoms with Crippen LogP contribution in [0.5, 0.6) is 0 Å². The van der Waals surface area contributed by atoms with Crippen LogP contribution in [0.15, 0.2) is 0 Å². The van der Waals surface area contributed by atoms with Crippen molar-refractivity contribution < 1.29 is 9.53 Å². The van der Waals surface area contributed by atoms with Crippen molar-refractivity contribution in [1.82, 2.24) is 4.90 Å². The average Bonchev–Trinajstić information content (AvgIpc) is 2.28. The summed E-state index contributed by atoms with van der Waals surface area (Å²) in [5.41, 5.74) is 0. The molecule has 3 nitrogen and oxygen atoms in total. The van der Waals surface area contributed by atoms with Crippen molar-refractivity contribution in [2.24, 2.45) is 5.92 Å². The third-order valence-corrected chi connectivity index (χ3v) is 3.48. The zero-order valence-electron chi connectivity index (χ0n) is 11.7. The van der Waals surface area contributed by atoms with Gasteiger partial charge in [-0.2, -0.15) is 0 Å². The van der Waals surface area contributed by atoms with E-state index in [-0.39, 0.29) is 18.1 Å². The molecule has 1 fully saturated rings. The van der Waals surface area contributed by atoms with Crippen LogP contribution in [-0.4, -0.2) is 36.1 Å². The minimum atomic E-state index is 0.173. The molecule has 0 bridgehead atoms. The van der Waals surface area contributed by atoms with Gasteiger partial charge >= 0.3 is 0 Å². The number of unbranched alkanes of at least 4 members (excludes halogenated alkanes) is 1. The molecule has 3 heteroatoms. The van der Waals surface area contributed by atoms with E-state index in [1.807, 2.05) is 18.7 Å². The highest BCUT2D eigenvalue weighted by atomic mass is 16.5. The summed E-state index contributed by atoms with van der Waals surface area (Å²) in [4.78, 5) is 14.4. The summed E-state index contributed by atoms with van der Waals surface area (Å²) >= 11 is 0. The van der Waals surface area contributed by atoms with E-state index in [1.54, 1.807) is 0 Å². The van der Waals surface area contributed by atoms with E-state index in [1.165, 1.54) is 6.42 Å². The van der Waals surface area contributed by atoms with E-state index in [4.69, 9.17) is 4.74 Å². The van der Waals surface area contributed by atoms with Crippen LogP contribution >= 0.6 is 0 Å². The second kappa shape index (κ2) is 7.00. The molecule has 0 unspecified atom stereocenters. The fourth-order valence-electron chi connectivity index (χ4n) is 2.57. The Kier molecular flexibility index (Phi) is 5.96. The van der Waals surface area contributed by atoms with Gasteiger partial charge in [-0.25, -0.2) is 0 Å². The maximum absolute atomic E-state index is 12.4. The lowest BCUT2D eigenvalue weighted by Crippen LogP contribution is -2.50. The summed E-state index contributed by atoms with van der Waals surface area (Å²) < 4.78 is 5.67. The quantitative estimate of drug-likeness (QED) is 0.740. The molecule has 1 aliphatic rings. The number of nitrogens with zero attached hydrogens (tertiary/aromatic N) is 1. The van der Waals surface area contributed by atoms with Crippen LogP contribution in [-0.2, 0) is 9.53 Å². The molecule has 0 spiro atoms. The molecule has 100 valence electrons. The zero-order chi connectivity index (χ0) is 12.8. The van der Waals surface area contributed by atoms with E-state index in [0.717, 1.165) is 32.4 Å². The zero-order valence-corrected chi connectivity index (χ0v) is 11.7. The molecule has 0 N–H and O–H groups in total. The average molecular weight is 241 g/mol. The summed E-state index contributed by atoms with van der Waals surface area (Å²) in [7, 11) is 0. The molecule has 3 atom stereocenters. The van der Waals surface area contributed by atoms with Gasteiger partial charge < -0.3 is 9.64 Å². The molecule has 0 radical (unpaired) electrons. The first-order valence-corrected chi connectivity index (χ1v) is 7.02. The van der Waals surface area contributed by atoms with Gasteiger partial charge in [0.15, 0.2) is 0 Å². The second-order valence-corrected chi connectivity index (χ2v) is 5.25. The summed E-state index contributed by atoms with van der Waals surface area (Å²) in [6.07, 6.45) is 4.65. The van der Waals surface area contributed by atoms with Crippen LogP contribution < -0.4 is 0 Å². The van der Waals surface area contributed by atoms with Crippen LogP contribution in [0.25, 0.3) is 0 Å². The fraction of sp³-hybridized carbons (Fsp3) is 0.929. The van der Waals surface area contributed by atoms with Crippen LogP contribution in [0.3, 0.4) is 0 Å². The minimum absolute atomic E-state index is 0.173. The monoisotopic (exact) mass is 241 g/mol. The van der Waals surface area contributed by atoms with Crippen molar-refractivity contribution in [3.05, 3.63) is 0 Å². The number of hydrogen-bond donors (Lipinski definition) is 0. The number of hydrogen-bond acceptors (Lipinski definition) is 2. The van der Waals surface area contributed by atoms with Gasteiger partial charge in [0.1, 0.15) is 0 Å². The lowest BCUT2D eigenvalue weighted by atomic mass is 9.97. The Balaban J connectivity index is 2.54. The van der Waals surface area contributed by atoms with E-state index >= 15 is 0 Å². The topological polar surface area (TPSA) is 29.5 Å². The second-order valence-electron chi connectivity index (χ2n) is 5.25. The summed E-state index contributed by atoms with van der Waals surface area (Å²) in [6.45, 7) is 9.89. The summed E-state index contributed by atoms with van der Waals surface area (Å²) in [5, 5.41) is 0. The molecule has 17 heavy (non-hydrogen) atoms. The molecule has 0 aromatic carbocycles. The van der Waals surface area contributed by atoms with Gasteiger partial charge in [0, 0.05) is 19.0 Å². The normalized spacial score (nSPS) is 26.9. The minimum Gasteiger partial charge on any atom is -0.372 e. The predicted octanol–water partition coefficient (Wildman–Crippen LogP) is 2.84. The van der Waals surface area contributed by atoms with Crippen molar-refractivity contribution >= 4 is 5.91 Å². The number of amides is 1. The van der Waals surface area contributed by atoms with Gasteiger partial charge in [-0.1, -0.05) is 26.7 Å². The van der Waals surface area contributed by atoms with E-state index in [2.05, 4.69) is 13.8 Å². The number of morpholine rings is 1. The first kappa shape index (κ1) is 14.5. The maximum atomic E-state index is 12.4. The van der Waals surface area contributed by atoms with Crippen molar-refractivity contribution in [2.45, 2.75) is 65.6 Å². The molecule has 0 aliphatic carbocycles. The highest BCUT2D eigenvalue weighted by molar-refractivity contribution is 5.79. The Bertz CT molecular complexity index is 232. The Labute approximate surface area is 106 Å². The third kappa shape index (κ3) is 4.30. The highest BCUT2D eigenvalue weighted by Crippen LogP contribution is 2.19. The Morgan fingerprint density at radius 3 is 2.35 bits per heavy atom. The van der Waals surface area contributed by atoms with Crippen molar-refractivity contribution in [3.63, 3.8) is 0 Å². The number of ether oxygens (including phenoxy) is 1. The van der Waals surface area contributed by atoms with Crippen LogP contribution in [0.1, 0.15) is 53.4 Å². The number of rotatable bonds is 5. The maximum Gasteiger partial charge on any atom is 0.225 e. The third-order valence-electron chi connectivity index (χ3n) is 3.48. The SMILES string of the molecule is CCCC[C@@H](CC)C(=O)N1C[C@@H](C)O[C@H](C)C1. The molecule has 1 aliphatic heterocycles. The molecule has 1 heterocycles. The molecule has 0 saturated carbocycles. The first-order chi connectivity index (χ1) is 8.08. The van der Waals surface area contributed by atoms with Gasteiger partial charge in [-0.3, -0.25) is 4.79 Å². The molecular weight excluding hydrogens is 214 g/mol. The summed E-state index contributed by atoms with van der Waals surface area (Å²) in [6, 6.07) is 0. The van der Waals surface area contributed by atoms with Gasteiger partial charge in [0.2, 0.25) is 5.91 Å². The van der Waals surface area contributed by atoms with Crippen LogP contribution in [0.4, 0.5) is 0 Å². The Morgan fingerprint density at radius 1 is 1.29 bits per heavy atom. The smallest absolute Gasteiger partial charge is 0.225 e. The van der Waals surface area contributed by atoms with Crippen LogP contribution in [0.2, 0.25) is 0 Å². The van der Waals surface area contributed by atoms with E-state index in [0.29, 0.717) is 5.91 Å². The highest BCUT2D eigenvalue weighted by Gasteiger charge is 2.29. The van der Waals surface area contributed by atoms with Gasteiger partial charge in [-0.05, 0) is 26.7 Å². The van der Waals surface area contributed by atoms with Crippen molar-refractivity contribution in [3.8, 4) is 0 Å². The summed E-state index contributed by atoms with van der Waals surface area (Å²) in [5.74, 6) is 0.551. The number of carbonyl (C=O) groups is 1. The fourth-order valence-corrected chi connectivity index (χ4v) is 2.57. The molecule has 0 aromatic rings. The lowest BCUT2D eigenvalue weighted by Gasteiger charge is -2.37. The van der Waals surface area contributed by atoms with E-state index < -0.39 is 0 Å². The Morgan fingerprint density at radius 2 is 1.88 bits per heavy atom. The van der Waals surface area contributed by atoms with Gasteiger partial charge in [0.25, 0.3) is 0 Å². The molecule has 1 amide bonds. The van der Waals surface area contributed by atoms with Crippen molar-refractivity contribution in [1.29, 1.82) is 0 Å². The molecular formula is C14H27NO2. The first-order valence-electron chi connectivity index (χ1n) is 7.02. The Hall–Kier alpha value is -0.570. The standard InChI is InChI=1S/C14H27NO2/c1-5-7-8-13(6-2)14(16)15-9-11(3)17-12(4)10-15/h11-13H,5-10H2,1-4H3/t11-,12-,13-/m1/s1. The number of carbonyl (C=O) groups excluding carboxylic acids is 1. The predicted molar refractivity (Wildman–Crippen MR) is 69.9 cm³/mol. The lowest BCUT2D eigenvalue weighted by molar-refractivity contribution is -0.147. The molecule has 1 rings (SSSR count). The molecule has 0 aromatic heterocycles. The molecule has 1 saturated heterocycles. The van der Waals surface area contributed by atoms with Gasteiger partial charge in [0.05, 0.1) is 12.2 Å².